The Balaban J connectivity index is 3.18. The minimum absolute atomic E-state index is 0.131. The van der Waals surface area contributed by atoms with Crippen molar-refractivity contribution in [2.75, 3.05) is 5.32 Å². The van der Waals surface area contributed by atoms with Crippen LogP contribution in [0.2, 0.25) is 0 Å². The fourth-order valence-electron chi connectivity index (χ4n) is 1.02. The van der Waals surface area contributed by atoms with Crippen molar-refractivity contribution in [1.82, 2.24) is 10.2 Å². The van der Waals surface area contributed by atoms with Crippen LogP contribution in [0.15, 0.2) is 10.9 Å². The highest BCUT2D eigenvalue weighted by molar-refractivity contribution is 5.92. The van der Waals surface area contributed by atoms with Gasteiger partial charge in [0.2, 0.25) is 0 Å². The first-order valence-corrected chi connectivity index (χ1v) is 4.41. The van der Waals surface area contributed by atoms with Crippen LogP contribution in [0.3, 0.4) is 0 Å². The number of nitrogens with zero attached hydrogens (tertiary/aromatic N) is 1. The molecule has 0 aliphatic heterocycles. The Bertz CT molecular complexity index is 431. The van der Waals surface area contributed by atoms with E-state index in [0.29, 0.717) is 0 Å². The Labute approximate surface area is 86.3 Å². The zero-order valence-corrected chi connectivity index (χ0v) is 8.79. The third kappa shape index (κ3) is 3.08. The van der Waals surface area contributed by atoms with Gasteiger partial charge < -0.3 is 10.4 Å². The Morgan fingerprint density at radius 2 is 2.13 bits per heavy atom. The lowest BCUT2D eigenvalue weighted by Crippen LogP contribution is -2.29. The van der Waals surface area contributed by atoms with Gasteiger partial charge in [-0.15, -0.1) is 0 Å². The average Bonchev–Trinajstić information content (AvgIpc) is 2.05. The number of nitrogens with one attached hydrogen (secondary N) is 2. The molecule has 0 aliphatic carbocycles. The number of H-pyrrole nitrogens is 1. The zero-order chi connectivity index (χ0) is 11.6. The normalized spacial score (nSPS) is 11.1. The third-order valence-corrected chi connectivity index (χ3v) is 1.53. The molecule has 0 unspecified atom stereocenters. The Hall–Kier alpha value is -1.85. The standard InChI is InChI=1S/C9H13N3O3/c1-9(2,3)10-7-5(8(14)15)4-6(13)11-12-7/h4H,1-3H3,(H,10,12)(H,11,13)(H,14,15). The number of hydrogen-bond acceptors (Lipinski definition) is 4. The van der Waals surface area contributed by atoms with Crippen molar-refractivity contribution in [3.8, 4) is 0 Å². The molecule has 0 spiro atoms. The van der Waals surface area contributed by atoms with Gasteiger partial charge in [-0.1, -0.05) is 0 Å². The molecule has 15 heavy (non-hydrogen) atoms. The molecular formula is C9H13N3O3. The lowest BCUT2D eigenvalue weighted by molar-refractivity contribution is 0.0697. The monoisotopic (exact) mass is 211 g/mol. The van der Waals surface area contributed by atoms with Crippen molar-refractivity contribution in [3.05, 3.63) is 22.0 Å². The van der Waals surface area contributed by atoms with Crippen LogP contribution in [0, 0.1) is 0 Å². The van der Waals surface area contributed by atoms with E-state index in [0.717, 1.165) is 6.07 Å². The summed E-state index contributed by atoms with van der Waals surface area (Å²) in [6.07, 6.45) is 0. The summed E-state index contributed by atoms with van der Waals surface area (Å²) in [5.41, 5.74) is -0.990. The predicted octanol–water partition coefficient (Wildman–Crippen LogP) is 0.679. The molecule has 1 aromatic rings. The molecule has 1 aromatic heterocycles. The van der Waals surface area contributed by atoms with Crippen molar-refractivity contribution in [2.45, 2.75) is 26.3 Å². The van der Waals surface area contributed by atoms with E-state index in [-0.39, 0.29) is 16.9 Å². The summed E-state index contributed by atoms with van der Waals surface area (Å²) in [6, 6.07) is 1.00. The molecule has 3 N–H and O–H groups in total. The molecular weight excluding hydrogens is 198 g/mol. The molecule has 0 radical (unpaired) electrons. The Morgan fingerprint density at radius 3 is 2.60 bits per heavy atom. The van der Waals surface area contributed by atoms with Crippen molar-refractivity contribution in [1.29, 1.82) is 0 Å². The molecule has 82 valence electrons. The van der Waals surface area contributed by atoms with E-state index in [2.05, 4.69) is 15.5 Å². The number of anilines is 1. The van der Waals surface area contributed by atoms with Gasteiger partial charge in [0.05, 0.1) is 0 Å². The SMILES string of the molecule is CC(C)(C)Nc1n[nH]c(=O)cc1C(=O)O. The maximum Gasteiger partial charge on any atom is 0.339 e. The quantitative estimate of drug-likeness (QED) is 0.668. The van der Waals surface area contributed by atoms with E-state index in [1.807, 2.05) is 20.8 Å². The highest BCUT2D eigenvalue weighted by Gasteiger charge is 2.17. The summed E-state index contributed by atoms with van der Waals surface area (Å²) in [5, 5.41) is 17.6. The summed E-state index contributed by atoms with van der Waals surface area (Å²) in [6.45, 7) is 5.60. The lowest BCUT2D eigenvalue weighted by Gasteiger charge is -2.21. The maximum absolute atomic E-state index is 10.9. The van der Waals surface area contributed by atoms with Gasteiger partial charge in [0.1, 0.15) is 5.56 Å². The number of aromatic nitrogens is 2. The van der Waals surface area contributed by atoms with Crippen molar-refractivity contribution >= 4 is 11.8 Å². The predicted molar refractivity (Wildman–Crippen MR) is 55.2 cm³/mol. The van der Waals surface area contributed by atoms with Crippen LogP contribution in [-0.4, -0.2) is 26.8 Å². The summed E-state index contributed by atoms with van der Waals surface area (Å²) in [7, 11) is 0. The smallest absolute Gasteiger partial charge is 0.339 e. The van der Waals surface area contributed by atoms with Gasteiger partial charge in [0.15, 0.2) is 5.82 Å². The van der Waals surface area contributed by atoms with Crippen LogP contribution in [0.25, 0.3) is 0 Å². The molecule has 0 fully saturated rings. The zero-order valence-electron chi connectivity index (χ0n) is 8.79. The molecule has 0 saturated carbocycles. The molecule has 0 atom stereocenters. The molecule has 1 rings (SSSR count). The first-order valence-electron chi connectivity index (χ1n) is 4.41. The number of carboxylic acids is 1. The van der Waals surface area contributed by atoms with Gasteiger partial charge in [-0.3, -0.25) is 4.79 Å². The molecule has 6 heteroatoms. The molecule has 0 bridgehead atoms. The summed E-state index contributed by atoms with van der Waals surface area (Å²) in [4.78, 5) is 21.7. The molecule has 1 heterocycles. The number of hydrogen-bond donors (Lipinski definition) is 3. The van der Waals surface area contributed by atoms with Crippen LogP contribution in [-0.2, 0) is 0 Å². The van der Waals surface area contributed by atoms with Gasteiger partial charge in [-0.05, 0) is 20.8 Å². The molecule has 6 nitrogen and oxygen atoms in total. The second-order valence-corrected chi connectivity index (χ2v) is 4.17. The van der Waals surface area contributed by atoms with E-state index >= 15 is 0 Å². The fraction of sp³-hybridized carbons (Fsp3) is 0.444. The number of rotatable bonds is 2. The van der Waals surface area contributed by atoms with Gasteiger partial charge >= 0.3 is 5.97 Å². The van der Waals surface area contributed by atoms with Crippen molar-refractivity contribution in [3.63, 3.8) is 0 Å². The Morgan fingerprint density at radius 1 is 1.53 bits per heavy atom. The maximum atomic E-state index is 10.9. The lowest BCUT2D eigenvalue weighted by atomic mass is 10.1. The van der Waals surface area contributed by atoms with E-state index < -0.39 is 11.5 Å². The van der Waals surface area contributed by atoms with Crippen LogP contribution < -0.4 is 10.9 Å². The molecule has 0 amide bonds. The number of carboxylic acid groups (broad SMARTS) is 1. The first kappa shape index (κ1) is 11.2. The highest BCUT2D eigenvalue weighted by Crippen LogP contribution is 2.14. The fourth-order valence-corrected chi connectivity index (χ4v) is 1.02. The third-order valence-electron chi connectivity index (χ3n) is 1.53. The Kier molecular flexibility index (Phi) is 2.78. The molecule has 0 aliphatic rings. The van der Waals surface area contributed by atoms with Gasteiger partial charge in [-0.25, -0.2) is 9.89 Å². The number of carbonyl (C=O) groups is 1. The van der Waals surface area contributed by atoms with E-state index in [1.54, 1.807) is 0 Å². The van der Waals surface area contributed by atoms with Gasteiger partial charge in [0.25, 0.3) is 5.56 Å². The van der Waals surface area contributed by atoms with Crippen LogP contribution in [0.1, 0.15) is 31.1 Å². The minimum atomic E-state index is -1.18. The molecule has 0 saturated heterocycles. The van der Waals surface area contributed by atoms with E-state index in [4.69, 9.17) is 5.11 Å². The van der Waals surface area contributed by atoms with Crippen LogP contribution in [0.5, 0.6) is 0 Å². The second kappa shape index (κ2) is 3.72. The van der Waals surface area contributed by atoms with Crippen LogP contribution >= 0.6 is 0 Å². The second-order valence-electron chi connectivity index (χ2n) is 4.17. The van der Waals surface area contributed by atoms with Gasteiger partial charge in [-0.2, -0.15) is 5.10 Å². The first-order chi connectivity index (χ1) is 6.79. The topological polar surface area (TPSA) is 95.1 Å². The molecule has 0 aromatic carbocycles. The highest BCUT2D eigenvalue weighted by atomic mass is 16.4. The van der Waals surface area contributed by atoms with E-state index in [9.17, 15) is 9.59 Å². The number of aromatic amines is 1. The van der Waals surface area contributed by atoms with Crippen molar-refractivity contribution in [2.24, 2.45) is 0 Å². The average molecular weight is 211 g/mol. The summed E-state index contributed by atoms with van der Waals surface area (Å²) < 4.78 is 0. The van der Waals surface area contributed by atoms with Gasteiger partial charge in [0, 0.05) is 11.6 Å². The summed E-state index contributed by atoms with van der Waals surface area (Å²) in [5.74, 6) is -1.02. The minimum Gasteiger partial charge on any atom is -0.478 e. The van der Waals surface area contributed by atoms with Crippen molar-refractivity contribution < 1.29 is 9.90 Å². The summed E-state index contributed by atoms with van der Waals surface area (Å²) >= 11 is 0. The number of aromatic carboxylic acids is 1. The van der Waals surface area contributed by atoms with E-state index in [1.165, 1.54) is 0 Å². The van der Waals surface area contributed by atoms with Crippen LogP contribution in [0.4, 0.5) is 5.82 Å². The largest absolute Gasteiger partial charge is 0.478 e.